The molecule has 1 aliphatic rings. The fraction of sp³-hybridized carbons (Fsp3) is 0.130. The van der Waals surface area contributed by atoms with Crippen molar-refractivity contribution in [2.45, 2.75) is 19.8 Å². The molecule has 4 heteroatoms. The van der Waals surface area contributed by atoms with E-state index in [-0.39, 0.29) is 11.7 Å². The number of pyridine rings is 1. The van der Waals surface area contributed by atoms with E-state index in [1.807, 2.05) is 36.4 Å². The summed E-state index contributed by atoms with van der Waals surface area (Å²) >= 11 is 0. The number of rotatable bonds is 2. The molecule has 1 aliphatic carbocycles. The zero-order valence-corrected chi connectivity index (χ0v) is 15.0. The summed E-state index contributed by atoms with van der Waals surface area (Å²) in [5.41, 5.74) is 6.81. The number of benzene rings is 2. The normalized spacial score (nSPS) is 14.2. The Morgan fingerprint density at radius 3 is 2.81 bits per heavy atom. The predicted molar refractivity (Wildman–Crippen MR) is 106 cm³/mol. The number of anilines is 1. The van der Waals surface area contributed by atoms with Crippen LogP contribution in [0, 0.1) is 5.82 Å². The third kappa shape index (κ3) is 3.65. The molecule has 0 fully saturated rings. The van der Waals surface area contributed by atoms with E-state index in [1.165, 1.54) is 13.0 Å². The van der Waals surface area contributed by atoms with Gasteiger partial charge in [0.05, 0.1) is 0 Å². The van der Waals surface area contributed by atoms with Crippen molar-refractivity contribution < 1.29 is 9.18 Å². The molecule has 0 saturated heterocycles. The lowest BCUT2D eigenvalue weighted by atomic mass is 9.93. The van der Waals surface area contributed by atoms with E-state index < -0.39 is 0 Å². The number of halogens is 1. The molecular weight excluding hydrogens is 339 g/mol. The molecule has 3 aromatic rings. The molecule has 2 aromatic carbocycles. The number of carbonyl (C=O) groups excluding carboxylic acids is 1. The Balaban J connectivity index is 1.88. The monoisotopic (exact) mass is 358 g/mol. The molecule has 1 aromatic heterocycles. The zero-order chi connectivity index (χ0) is 18.8. The van der Waals surface area contributed by atoms with Gasteiger partial charge < -0.3 is 5.32 Å². The molecule has 27 heavy (non-hydrogen) atoms. The van der Waals surface area contributed by atoms with Gasteiger partial charge in [-0.25, -0.2) is 4.39 Å². The standard InChI is InChI=1S/C23H19FN2O/c1-15(27)26-19-5-2-4-16(12-19)13-22-20-9-8-18(24)14-17(20)7-10-23-21(22)6-3-11-25-23/h2-6,8-9,11-14H,7,10H2,1H3,(H,26,27). The van der Waals surface area contributed by atoms with Crippen LogP contribution in [-0.4, -0.2) is 10.9 Å². The molecule has 0 bridgehead atoms. The number of hydrogen-bond donors (Lipinski definition) is 1. The summed E-state index contributed by atoms with van der Waals surface area (Å²) in [5.74, 6) is -0.329. The molecule has 0 unspecified atom stereocenters. The fourth-order valence-corrected chi connectivity index (χ4v) is 3.54. The topological polar surface area (TPSA) is 42.0 Å². The molecule has 0 atom stereocenters. The molecule has 0 spiro atoms. The minimum atomic E-state index is -0.223. The Labute approximate surface area is 157 Å². The van der Waals surface area contributed by atoms with Crippen LogP contribution in [0.5, 0.6) is 0 Å². The number of nitrogens with one attached hydrogen (secondary N) is 1. The largest absolute Gasteiger partial charge is 0.326 e. The van der Waals surface area contributed by atoms with Crippen LogP contribution in [0.1, 0.15) is 34.9 Å². The average molecular weight is 358 g/mol. The van der Waals surface area contributed by atoms with Crippen LogP contribution in [0.25, 0.3) is 11.6 Å². The summed E-state index contributed by atoms with van der Waals surface area (Å²) in [7, 11) is 0. The highest BCUT2D eigenvalue weighted by Gasteiger charge is 2.19. The molecule has 1 amide bonds. The van der Waals surface area contributed by atoms with E-state index in [4.69, 9.17) is 0 Å². The first-order valence-corrected chi connectivity index (χ1v) is 8.92. The first-order chi connectivity index (χ1) is 13.1. The van der Waals surface area contributed by atoms with Crippen molar-refractivity contribution in [3.05, 3.63) is 94.6 Å². The number of nitrogens with zero attached hydrogens (tertiary/aromatic N) is 1. The number of hydrogen-bond acceptors (Lipinski definition) is 2. The number of fused-ring (bicyclic) bond motifs is 2. The summed E-state index contributed by atoms with van der Waals surface area (Å²) in [6.45, 7) is 1.49. The van der Waals surface area contributed by atoms with Gasteiger partial charge in [0.15, 0.2) is 0 Å². The van der Waals surface area contributed by atoms with E-state index in [1.54, 1.807) is 12.3 Å². The van der Waals surface area contributed by atoms with Crippen molar-refractivity contribution in [2.24, 2.45) is 0 Å². The Kier molecular flexibility index (Phi) is 4.55. The highest BCUT2D eigenvalue weighted by atomic mass is 19.1. The second-order valence-corrected chi connectivity index (χ2v) is 6.66. The third-order valence-electron chi connectivity index (χ3n) is 4.69. The number of carbonyl (C=O) groups is 1. The average Bonchev–Trinajstić information content (AvgIpc) is 2.79. The van der Waals surface area contributed by atoms with Gasteiger partial charge in [-0.15, -0.1) is 0 Å². The molecule has 0 saturated carbocycles. The molecule has 3 nitrogen and oxygen atoms in total. The van der Waals surface area contributed by atoms with E-state index in [2.05, 4.69) is 22.4 Å². The maximum atomic E-state index is 13.8. The maximum absolute atomic E-state index is 13.8. The molecule has 0 radical (unpaired) electrons. The second kappa shape index (κ2) is 7.16. The zero-order valence-electron chi connectivity index (χ0n) is 15.0. The summed E-state index contributed by atoms with van der Waals surface area (Å²) in [6, 6.07) is 16.6. The molecule has 1 N–H and O–H groups in total. The lowest BCUT2D eigenvalue weighted by molar-refractivity contribution is -0.114. The minimum Gasteiger partial charge on any atom is -0.326 e. The number of aryl methyl sites for hydroxylation is 2. The van der Waals surface area contributed by atoms with Crippen molar-refractivity contribution in [3.8, 4) is 0 Å². The smallest absolute Gasteiger partial charge is 0.221 e. The van der Waals surface area contributed by atoms with Crippen molar-refractivity contribution in [1.29, 1.82) is 0 Å². The Hall–Kier alpha value is -3.27. The second-order valence-electron chi connectivity index (χ2n) is 6.66. The fourth-order valence-electron chi connectivity index (χ4n) is 3.54. The van der Waals surface area contributed by atoms with Gasteiger partial charge in [-0.1, -0.05) is 24.3 Å². The molecular formula is C23H19FN2O. The summed E-state index contributed by atoms with van der Waals surface area (Å²) in [6.07, 6.45) is 5.40. The van der Waals surface area contributed by atoms with Crippen LogP contribution in [0.3, 0.4) is 0 Å². The SMILES string of the molecule is CC(=O)Nc1cccc(C=C2c3ccc(F)cc3CCc3ncccc32)c1. The molecule has 4 rings (SSSR count). The van der Waals surface area contributed by atoms with Crippen LogP contribution in [-0.2, 0) is 17.6 Å². The van der Waals surface area contributed by atoms with Crippen molar-refractivity contribution in [1.82, 2.24) is 4.98 Å². The Morgan fingerprint density at radius 2 is 1.96 bits per heavy atom. The van der Waals surface area contributed by atoms with Gasteiger partial charge in [-0.05, 0) is 71.5 Å². The van der Waals surface area contributed by atoms with Crippen molar-refractivity contribution >= 4 is 23.2 Å². The van der Waals surface area contributed by atoms with Gasteiger partial charge in [0.25, 0.3) is 0 Å². The lowest BCUT2D eigenvalue weighted by Crippen LogP contribution is -2.05. The van der Waals surface area contributed by atoms with E-state index >= 15 is 0 Å². The molecule has 134 valence electrons. The van der Waals surface area contributed by atoms with Crippen molar-refractivity contribution in [2.75, 3.05) is 5.32 Å². The molecule has 0 aliphatic heterocycles. The van der Waals surface area contributed by atoms with Crippen LogP contribution in [0.2, 0.25) is 0 Å². The van der Waals surface area contributed by atoms with Gasteiger partial charge in [0.1, 0.15) is 5.82 Å². The first-order valence-electron chi connectivity index (χ1n) is 8.92. The number of aromatic nitrogens is 1. The first kappa shape index (κ1) is 17.2. The minimum absolute atomic E-state index is 0.107. The van der Waals surface area contributed by atoms with Gasteiger partial charge in [0, 0.05) is 30.1 Å². The van der Waals surface area contributed by atoms with E-state index in [9.17, 15) is 9.18 Å². The summed E-state index contributed by atoms with van der Waals surface area (Å²) in [4.78, 5) is 15.9. The van der Waals surface area contributed by atoms with Gasteiger partial charge in [-0.3, -0.25) is 9.78 Å². The number of amides is 1. The highest BCUT2D eigenvalue weighted by Crippen LogP contribution is 2.34. The van der Waals surface area contributed by atoms with Crippen LogP contribution in [0.4, 0.5) is 10.1 Å². The Morgan fingerprint density at radius 1 is 1.07 bits per heavy atom. The Bertz CT molecular complexity index is 1060. The van der Waals surface area contributed by atoms with E-state index in [0.717, 1.165) is 52.0 Å². The van der Waals surface area contributed by atoms with Gasteiger partial charge in [-0.2, -0.15) is 0 Å². The third-order valence-corrected chi connectivity index (χ3v) is 4.69. The van der Waals surface area contributed by atoms with Crippen LogP contribution >= 0.6 is 0 Å². The van der Waals surface area contributed by atoms with Crippen LogP contribution in [0.15, 0.2) is 60.8 Å². The van der Waals surface area contributed by atoms with Crippen LogP contribution < -0.4 is 5.32 Å². The lowest BCUT2D eigenvalue weighted by Gasteiger charge is -2.12. The molecule has 1 heterocycles. The quantitative estimate of drug-likeness (QED) is 0.710. The van der Waals surface area contributed by atoms with E-state index in [0.29, 0.717) is 0 Å². The summed E-state index contributed by atoms with van der Waals surface area (Å²) < 4.78 is 13.8. The van der Waals surface area contributed by atoms with Gasteiger partial charge >= 0.3 is 0 Å². The predicted octanol–water partition coefficient (Wildman–Crippen LogP) is 4.87. The van der Waals surface area contributed by atoms with Crippen molar-refractivity contribution in [3.63, 3.8) is 0 Å². The van der Waals surface area contributed by atoms with Gasteiger partial charge in [0.2, 0.25) is 5.91 Å². The maximum Gasteiger partial charge on any atom is 0.221 e. The summed E-state index contributed by atoms with van der Waals surface area (Å²) in [5, 5.41) is 2.81. The highest BCUT2D eigenvalue weighted by molar-refractivity contribution is 5.94.